The molecule has 2 rings (SSSR count). The van der Waals surface area contributed by atoms with Crippen LogP contribution in [-0.4, -0.2) is 30.0 Å². The molecule has 112 valence electrons. The number of halogens is 2. The first kappa shape index (κ1) is 16.2. The van der Waals surface area contributed by atoms with Gasteiger partial charge in [-0.15, -0.1) is 0 Å². The van der Waals surface area contributed by atoms with E-state index in [1.165, 1.54) is 5.56 Å². The number of aromatic nitrogens is 1. The predicted octanol–water partition coefficient (Wildman–Crippen LogP) is 3.56. The Morgan fingerprint density at radius 3 is 2.33 bits per heavy atom. The van der Waals surface area contributed by atoms with Crippen LogP contribution in [0, 0.1) is 0 Å². The summed E-state index contributed by atoms with van der Waals surface area (Å²) in [5.41, 5.74) is 8.09. The van der Waals surface area contributed by atoms with Gasteiger partial charge in [0.2, 0.25) is 0 Å². The Hall–Kier alpha value is -1.13. The smallest absolute Gasteiger partial charge is 0.0497 e. The van der Waals surface area contributed by atoms with Crippen LogP contribution < -0.4 is 5.73 Å². The minimum absolute atomic E-state index is 0.00744. The SMILES string of the molecule is CN(CCc1ccncc1)C(CN)c1c(Cl)cccc1Cl. The summed E-state index contributed by atoms with van der Waals surface area (Å²) < 4.78 is 0. The van der Waals surface area contributed by atoms with Gasteiger partial charge in [-0.25, -0.2) is 0 Å². The van der Waals surface area contributed by atoms with Gasteiger partial charge < -0.3 is 5.73 Å². The molecular weight excluding hydrogens is 305 g/mol. The fourth-order valence-electron chi connectivity index (χ4n) is 2.36. The Kier molecular flexibility index (Phi) is 6.00. The number of nitrogens with two attached hydrogens (primary N) is 1. The average molecular weight is 324 g/mol. The van der Waals surface area contributed by atoms with Crippen molar-refractivity contribution in [3.63, 3.8) is 0 Å². The van der Waals surface area contributed by atoms with Crippen molar-refractivity contribution in [1.29, 1.82) is 0 Å². The van der Waals surface area contributed by atoms with Crippen molar-refractivity contribution in [2.75, 3.05) is 20.1 Å². The molecule has 0 radical (unpaired) electrons. The van der Waals surface area contributed by atoms with Crippen molar-refractivity contribution in [2.45, 2.75) is 12.5 Å². The molecule has 0 amide bonds. The van der Waals surface area contributed by atoms with Crippen LogP contribution in [0.2, 0.25) is 10.0 Å². The third kappa shape index (κ3) is 4.17. The number of rotatable bonds is 6. The maximum atomic E-state index is 6.29. The van der Waals surface area contributed by atoms with Crippen molar-refractivity contribution in [3.8, 4) is 0 Å². The van der Waals surface area contributed by atoms with Crippen LogP contribution in [0.5, 0.6) is 0 Å². The van der Waals surface area contributed by atoms with E-state index >= 15 is 0 Å². The molecule has 0 spiro atoms. The summed E-state index contributed by atoms with van der Waals surface area (Å²) in [5.74, 6) is 0. The molecule has 0 saturated carbocycles. The van der Waals surface area contributed by atoms with E-state index in [-0.39, 0.29) is 6.04 Å². The number of benzene rings is 1. The molecule has 0 bridgehead atoms. The van der Waals surface area contributed by atoms with Crippen LogP contribution in [0.1, 0.15) is 17.2 Å². The summed E-state index contributed by atoms with van der Waals surface area (Å²) in [6, 6.07) is 9.60. The second-order valence-corrected chi connectivity index (χ2v) is 5.79. The second kappa shape index (κ2) is 7.76. The molecule has 0 saturated heterocycles. The Morgan fingerprint density at radius 1 is 1.14 bits per heavy atom. The second-order valence-electron chi connectivity index (χ2n) is 4.97. The third-order valence-electron chi connectivity index (χ3n) is 3.59. The molecule has 2 N–H and O–H groups in total. The van der Waals surface area contributed by atoms with Crippen molar-refractivity contribution in [2.24, 2.45) is 5.73 Å². The Morgan fingerprint density at radius 2 is 1.76 bits per heavy atom. The van der Waals surface area contributed by atoms with E-state index in [0.29, 0.717) is 16.6 Å². The van der Waals surface area contributed by atoms with Crippen molar-refractivity contribution in [3.05, 3.63) is 63.9 Å². The molecular formula is C16H19Cl2N3. The summed E-state index contributed by atoms with van der Waals surface area (Å²) >= 11 is 12.6. The zero-order valence-corrected chi connectivity index (χ0v) is 13.5. The highest BCUT2D eigenvalue weighted by Gasteiger charge is 2.20. The standard InChI is InChI=1S/C16H19Cl2N3/c1-21(10-7-12-5-8-20-9-6-12)15(11-19)16-13(17)3-2-4-14(16)18/h2-6,8-9,15H,7,10-11,19H2,1H3. The lowest BCUT2D eigenvalue weighted by Crippen LogP contribution is -2.32. The van der Waals surface area contributed by atoms with E-state index in [4.69, 9.17) is 28.9 Å². The molecule has 1 unspecified atom stereocenters. The molecule has 1 aromatic heterocycles. The van der Waals surface area contributed by atoms with Crippen LogP contribution in [0.25, 0.3) is 0 Å². The lowest BCUT2D eigenvalue weighted by atomic mass is 10.0. The third-order valence-corrected chi connectivity index (χ3v) is 4.25. The summed E-state index contributed by atoms with van der Waals surface area (Å²) in [6.07, 6.45) is 4.54. The molecule has 0 aliphatic carbocycles. The van der Waals surface area contributed by atoms with E-state index in [2.05, 4.69) is 9.88 Å². The number of likely N-dealkylation sites (N-methyl/N-ethyl adjacent to an activating group) is 1. The summed E-state index contributed by atoms with van der Waals surface area (Å²) in [7, 11) is 2.04. The van der Waals surface area contributed by atoms with E-state index in [0.717, 1.165) is 18.5 Å². The number of hydrogen-bond acceptors (Lipinski definition) is 3. The van der Waals surface area contributed by atoms with Gasteiger partial charge in [-0.05, 0) is 43.3 Å². The molecule has 1 aromatic carbocycles. The topological polar surface area (TPSA) is 42.2 Å². The van der Waals surface area contributed by atoms with Crippen molar-refractivity contribution < 1.29 is 0 Å². The lowest BCUT2D eigenvalue weighted by molar-refractivity contribution is 0.253. The maximum Gasteiger partial charge on any atom is 0.0497 e. The summed E-state index contributed by atoms with van der Waals surface area (Å²) in [4.78, 5) is 6.21. The van der Waals surface area contributed by atoms with E-state index in [1.807, 2.05) is 37.4 Å². The van der Waals surface area contributed by atoms with Crippen molar-refractivity contribution in [1.82, 2.24) is 9.88 Å². The Balaban J connectivity index is 2.10. The van der Waals surface area contributed by atoms with Gasteiger partial charge >= 0.3 is 0 Å². The molecule has 0 aliphatic heterocycles. The molecule has 21 heavy (non-hydrogen) atoms. The number of hydrogen-bond donors (Lipinski definition) is 1. The van der Waals surface area contributed by atoms with Gasteiger partial charge in [0.1, 0.15) is 0 Å². The molecule has 0 fully saturated rings. The van der Waals surface area contributed by atoms with Gasteiger partial charge in [0.15, 0.2) is 0 Å². The zero-order valence-electron chi connectivity index (χ0n) is 12.0. The van der Waals surface area contributed by atoms with E-state index in [9.17, 15) is 0 Å². The fourth-order valence-corrected chi connectivity index (χ4v) is 3.01. The normalized spacial score (nSPS) is 12.6. The first-order chi connectivity index (χ1) is 10.1. The first-order valence-corrected chi connectivity index (χ1v) is 7.62. The Bertz CT molecular complexity index is 555. The maximum absolute atomic E-state index is 6.29. The lowest BCUT2D eigenvalue weighted by Gasteiger charge is -2.28. The van der Waals surface area contributed by atoms with Gasteiger partial charge in [0.25, 0.3) is 0 Å². The number of pyridine rings is 1. The minimum Gasteiger partial charge on any atom is -0.329 e. The molecule has 0 aliphatic rings. The van der Waals surface area contributed by atoms with Gasteiger partial charge in [0.05, 0.1) is 0 Å². The molecule has 2 aromatic rings. The summed E-state index contributed by atoms with van der Waals surface area (Å²) in [6.45, 7) is 1.34. The summed E-state index contributed by atoms with van der Waals surface area (Å²) in [5, 5.41) is 1.32. The highest BCUT2D eigenvalue weighted by Crippen LogP contribution is 2.32. The van der Waals surface area contributed by atoms with E-state index in [1.54, 1.807) is 12.4 Å². The Labute approximate surface area is 135 Å². The number of nitrogens with zero attached hydrogens (tertiary/aromatic N) is 2. The molecule has 1 atom stereocenters. The van der Waals surface area contributed by atoms with E-state index < -0.39 is 0 Å². The highest BCUT2D eigenvalue weighted by molar-refractivity contribution is 6.36. The first-order valence-electron chi connectivity index (χ1n) is 6.86. The van der Waals surface area contributed by atoms with Crippen LogP contribution in [0.3, 0.4) is 0 Å². The monoisotopic (exact) mass is 323 g/mol. The minimum atomic E-state index is 0.00744. The zero-order chi connectivity index (χ0) is 15.2. The quantitative estimate of drug-likeness (QED) is 0.883. The highest BCUT2D eigenvalue weighted by atomic mass is 35.5. The van der Waals surface area contributed by atoms with Gasteiger partial charge in [0, 0.05) is 47.1 Å². The molecule has 3 nitrogen and oxygen atoms in total. The van der Waals surface area contributed by atoms with Crippen LogP contribution in [0.15, 0.2) is 42.7 Å². The van der Waals surface area contributed by atoms with Crippen LogP contribution >= 0.6 is 23.2 Å². The molecule has 1 heterocycles. The largest absolute Gasteiger partial charge is 0.329 e. The van der Waals surface area contributed by atoms with Crippen molar-refractivity contribution >= 4 is 23.2 Å². The molecule has 5 heteroatoms. The van der Waals surface area contributed by atoms with Gasteiger partial charge in [-0.3, -0.25) is 9.88 Å². The fraction of sp³-hybridized carbons (Fsp3) is 0.312. The average Bonchev–Trinajstić information content (AvgIpc) is 2.50. The predicted molar refractivity (Wildman–Crippen MR) is 88.8 cm³/mol. The van der Waals surface area contributed by atoms with Gasteiger partial charge in [-0.1, -0.05) is 29.3 Å². The van der Waals surface area contributed by atoms with Gasteiger partial charge in [-0.2, -0.15) is 0 Å². The van der Waals surface area contributed by atoms with Crippen LogP contribution in [-0.2, 0) is 6.42 Å². The van der Waals surface area contributed by atoms with Crippen LogP contribution in [0.4, 0.5) is 0 Å².